The minimum absolute atomic E-state index is 0.433. The summed E-state index contributed by atoms with van der Waals surface area (Å²) in [6, 6.07) is 7.65. The number of carbonyl (C=O) groups excluding carboxylic acids is 1. The molecule has 0 saturated heterocycles. The fourth-order valence-electron chi connectivity index (χ4n) is 1.63. The standard InChI is InChI=1S/C16H26N2O2/c1-12(2)9-10-17-13-7-6-8-14(11-13)18-15(19)20-16(3,4)5/h6-8,11-12,17H,9-10H2,1-5H3,(H,18,19). The fourth-order valence-corrected chi connectivity index (χ4v) is 1.63. The molecular weight excluding hydrogens is 252 g/mol. The molecule has 0 spiro atoms. The van der Waals surface area contributed by atoms with Gasteiger partial charge in [-0.05, 0) is 51.3 Å². The van der Waals surface area contributed by atoms with Gasteiger partial charge in [0.05, 0.1) is 0 Å². The van der Waals surface area contributed by atoms with Gasteiger partial charge in [0.15, 0.2) is 0 Å². The molecule has 1 rings (SSSR count). The monoisotopic (exact) mass is 278 g/mol. The van der Waals surface area contributed by atoms with E-state index >= 15 is 0 Å². The van der Waals surface area contributed by atoms with E-state index in [0.717, 1.165) is 24.3 Å². The molecule has 1 aromatic carbocycles. The fraction of sp³-hybridized carbons (Fsp3) is 0.562. The molecule has 0 aliphatic carbocycles. The third-order valence-corrected chi connectivity index (χ3v) is 2.56. The van der Waals surface area contributed by atoms with Crippen LogP contribution in [-0.4, -0.2) is 18.2 Å². The first kappa shape index (κ1) is 16.3. The van der Waals surface area contributed by atoms with Crippen LogP contribution in [0.5, 0.6) is 0 Å². The normalized spacial score (nSPS) is 11.3. The lowest BCUT2D eigenvalue weighted by molar-refractivity contribution is 0.0636. The minimum atomic E-state index is -0.489. The lowest BCUT2D eigenvalue weighted by Gasteiger charge is -2.19. The average molecular weight is 278 g/mol. The van der Waals surface area contributed by atoms with Gasteiger partial charge >= 0.3 is 6.09 Å². The summed E-state index contributed by atoms with van der Waals surface area (Å²) in [6.07, 6.45) is 0.681. The van der Waals surface area contributed by atoms with Crippen LogP contribution in [0.2, 0.25) is 0 Å². The smallest absolute Gasteiger partial charge is 0.412 e. The van der Waals surface area contributed by atoms with Crippen molar-refractivity contribution in [3.05, 3.63) is 24.3 Å². The predicted molar refractivity (Wildman–Crippen MR) is 84.2 cm³/mol. The summed E-state index contributed by atoms with van der Waals surface area (Å²) in [5, 5.41) is 6.08. The van der Waals surface area contributed by atoms with Gasteiger partial charge in [0, 0.05) is 17.9 Å². The van der Waals surface area contributed by atoms with Crippen LogP contribution in [-0.2, 0) is 4.74 Å². The lowest BCUT2D eigenvalue weighted by atomic mass is 10.1. The molecule has 0 radical (unpaired) electrons. The van der Waals surface area contributed by atoms with E-state index in [1.807, 2.05) is 45.0 Å². The van der Waals surface area contributed by atoms with Crippen molar-refractivity contribution < 1.29 is 9.53 Å². The zero-order chi connectivity index (χ0) is 15.2. The van der Waals surface area contributed by atoms with Crippen molar-refractivity contribution in [2.24, 2.45) is 5.92 Å². The lowest BCUT2D eigenvalue weighted by Crippen LogP contribution is -2.27. The molecule has 0 aromatic heterocycles. The van der Waals surface area contributed by atoms with Crippen LogP contribution < -0.4 is 10.6 Å². The van der Waals surface area contributed by atoms with Crippen molar-refractivity contribution in [2.45, 2.75) is 46.6 Å². The predicted octanol–water partition coefficient (Wildman–Crippen LogP) is 4.49. The van der Waals surface area contributed by atoms with Crippen molar-refractivity contribution >= 4 is 17.5 Å². The molecule has 0 unspecified atom stereocenters. The Labute approximate surface area is 121 Å². The molecule has 112 valence electrons. The Morgan fingerprint density at radius 2 is 1.90 bits per heavy atom. The highest BCUT2D eigenvalue weighted by Gasteiger charge is 2.16. The Morgan fingerprint density at radius 1 is 1.25 bits per heavy atom. The summed E-state index contributed by atoms with van der Waals surface area (Å²) in [7, 11) is 0. The van der Waals surface area contributed by atoms with Crippen molar-refractivity contribution in [3.63, 3.8) is 0 Å². The highest BCUT2D eigenvalue weighted by Crippen LogP contribution is 2.17. The van der Waals surface area contributed by atoms with Gasteiger partial charge in [0.2, 0.25) is 0 Å². The maximum atomic E-state index is 11.7. The Morgan fingerprint density at radius 3 is 2.50 bits per heavy atom. The second kappa shape index (κ2) is 7.17. The third kappa shape index (κ3) is 7.02. The first-order valence-electron chi connectivity index (χ1n) is 7.10. The van der Waals surface area contributed by atoms with Gasteiger partial charge in [0.25, 0.3) is 0 Å². The zero-order valence-electron chi connectivity index (χ0n) is 13.1. The highest BCUT2D eigenvalue weighted by molar-refractivity contribution is 5.85. The van der Waals surface area contributed by atoms with Crippen LogP contribution >= 0.6 is 0 Å². The summed E-state index contributed by atoms with van der Waals surface area (Å²) >= 11 is 0. The van der Waals surface area contributed by atoms with Gasteiger partial charge in [-0.2, -0.15) is 0 Å². The van der Waals surface area contributed by atoms with Crippen LogP contribution in [0.4, 0.5) is 16.2 Å². The molecule has 4 nitrogen and oxygen atoms in total. The first-order valence-corrected chi connectivity index (χ1v) is 7.10. The molecule has 4 heteroatoms. The van der Waals surface area contributed by atoms with Crippen molar-refractivity contribution in [3.8, 4) is 0 Å². The quantitative estimate of drug-likeness (QED) is 0.834. The van der Waals surface area contributed by atoms with E-state index in [9.17, 15) is 4.79 Å². The number of nitrogens with one attached hydrogen (secondary N) is 2. The average Bonchev–Trinajstić information content (AvgIpc) is 2.26. The molecule has 0 bridgehead atoms. The van der Waals surface area contributed by atoms with E-state index in [1.54, 1.807) is 0 Å². The number of anilines is 2. The number of amides is 1. The van der Waals surface area contributed by atoms with Gasteiger partial charge in [0.1, 0.15) is 5.60 Å². The molecule has 0 heterocycles. The minimum Gasteiger partial charge on any atom is -0.444 e. The number of benzene rings is 1. The van der Waals surface area contributed by atoms with Gasteiger partial charge in [-0.3, -0.25) is 5.32 Å². The summed E-state index contributed by atoms with van der Waals surface area (Å²) in [5.74, 6) is 0.672. The van der Waals surface area contributed by atoms with Crippen molar-refractivity contribution in [1.29, 1.82) is 0 Å². The second-order valence-corrected chi connectivity index (χ2v) is 6.32. The summed E-state index contributed by atoms with van der Waals surface area (Å²) in [5.41, 5.74) is 1.24. The first-order chi connectivity index (χ1) is 9.26. The molecule has 0 aliphatic heterocycles. The van der Waals surface area contributed by atoms with Crippen LogP contribution in [0.25, 0.3) is 0 Å². The van der Waals surface area contributed by atoms with E-state index in [1.165, 1.54) is 0 Å². The number of rotatable bonds is 5. The summed E-state index contributed by atoms with van der Waals surface area (Å²) in [4.78, 5) is 11.7. The van der Waals surface area contributed by atoms with Crippen molar-refractivity contribution in [2.75, 3.05) is 17.2 Å². The van der Waals surface area contributed by atoms with Crippen LogP contribution in [0.1, 0.15) is 41.0 Å². The number of ether oxygens (including phenoxy) is 1. The Hall–Kier alpha value is -1.71. The van der Waals surface area contributed by atoms with Crippen LogP contribution in [0.3, 0.4) is 0 Å². The van der Waals surface area contributed by atoms with Crippen molar-refractivity contribution in [1.82, 2.24) is 0 Å². The molecule has 1 amide bonds. The SMILES string of the molecule is CC(C)CCNc1cccc(NC(=O)OC(C)(C)C)c1. The largest absolute Gasteiger partial charge is 0.444 e. The molecule has 0 aliphatic rings. The summed E-state index contributed by atoms with van der Waals surface area (Å²) < 4.78 is 5.22. The number of carbonyl (C=O) groups is 1. The van der Waals surface area contributed by atoms with Crippen LogP contribution in [0.15, 0.2) is 24.3 Å². The molecule has 2 N–H and O–H groups in total. The molecule has 0 fully saturated rings. The molecule has 0 saturated carbocycles. The van der Waals surface area contributed by atoms with Gasteiger partial charge in [-0.25, -0.2) is 4.79 Å². The van der Waals surface area contributed by atoms with Gasteiger partial charge < -0.3 is 10.1 Å². The highest BCUT2D eigenvalue weighted by atomic mass is 16.6. The van der Waals surface area contributed by atoms with E-state index in [4.69, 9.17) is 4.74 Å². The molecule has 1 aromatic rings. The summed E-state index contributed by atoms with van der Waals surface area (Å²) in [6.45, 7) is 10.8. The Kier molecular flexibility index (Phi) is 5.86. The van der Waals surface area contributed by atoms with Gasteiger partial charge in [-0.1, -0.05) is 19.9 Å². The Balaban J connectivity index is 2.53. The van der Waals surface area contributed by atoms with E-state index in [-0.39, 0.29) is 0 Å². The number of hydrogen-bond donors (Lipinski definition) is 2. The van der Waals surface area contributed by atoms with Gasteiger partial charge in [-0.15, -0.1) is 0 Å². The zero-order valence-corrected chi connectivity index (χ0v) is 13.1. The van der Waals surface area contributed by atoms with E-state index in [2.05, 4.69) is 24.5 Å². The topological polar surface area (TPSA) is 50.4 Å². The Bertz CT molecular complexity index is 436. The third-order valence-electron chi connectivity index (χ3n) is 2.56. The maximum absolute atomic E-state index is 11.7. The van der Waals surface area contributed by atoms with Crippen LogP contribution in [0, 0.1) is 5.92 Å². The molecule has 0 atom stereocenters. The maximum Gasteiger partial charge on any atom is 0.412 e. The van der Waals surface area contributed by atoms with E-state index < -0.39 is 11.7 Å². The molecule has 20 heavy (non-hydrogen) atoms. The number of hydrogen-bond acceptors (Lipinski definition) is 3. The second-order valence-electron chi connectivity index (χ2n) is 6.32. The molecular formula is C16H26N2O2. The van der Waals surface area contributed by atoms with E-state index in [0.29, 0.717) is 5.92 Å².